The molecule has 0 atom stereocenters. The van der Waals surface area contributed by atoms with Crippen molar-refractivity contribution in [2.24, 2.45) is 17.0 Å². The maximum atomic E-state index is 8.96. The summed E-state index contributed by atoms with van der Waals surface area (Å²) in [5.41, 5.74) is 4.84. The maximum Gasteiger partial charge on any atom is 0.0873 e. The number of benzene rings is 1. The second kappa shape index (κ2) is 5.99. The van der Waals surface area contributed by atoms with Gasteiger partial charge in [0.15, 0.2) is 0 Å². The fraction of sp³-hybridized carbons (Fsp3) is 0.611. The van der Waals surface area contributed by atoms with Crippen LogP contribution in [0.5, 0.6) is 0 Å². The minimum absolute atomic E-state index is 0.854. The molecule has 3 rings (SSSR count). The van der Waals surface area contributed by atoms with Crippen molar-refractivity contribution in [2.45, 2.75) is 58.3 Å². The van der Waals surface area contributed by atoms with Crippen molar-refractivity contribution in [3.63, 3.8) is 0 Å². The van der Waals surface area contributed by atoms with Gasteiger partial charge in [-0.25, -0.2) is 0 Å². The van der Waals surface area contributed by atoms with Crippen LogP contribution < -0.4 is 0 Å². The summed E-state index contributed by atoms with van der Waals surface area (Å²) < 4.78 is 0. The summed E-state index contributed by atoms with van der Waals surface area (Å²) in [5, 5.41) is 12.4. The standard InChI is InChI=1S/C18H25NO/c1-13-2-4-14(5-3-13)6-7-15-8-10-17-16(12-15)9-11-18(17)19-20/h8,10,12-14,20H,2-7,9,11H2,1H3/b19-18+. The van der Waals surface area contributed by atoms with E-state index >= 15 is 0 Å². The van der Waals surface area contributed by atoms with E-state index in [-0.39, 0.29) is 0 Å². The zero-order valence-electron chi connectivity index (χ0n) is 12.4. The molecule has 0 unspecified atom stereocenters. The van der Waals surface area contributed by atoms with Crippen LogP contribution in [0.1, 0.15) is 62.1 Å². The Labute approximate surface area is 121 Å². The van der Waals surface area contributed by atoms with E-state index in [2.05, 4.69) is 30.3 Å². The molecule has 0 spiro atoms. The van der Waals surface area contributed by atoms with Gasteiger partial charge >= 0.3 is 0 Å². The lowest BCUT2D eigenvalue weighted by molar-refractivity contribution is 0.278. The molecule has 1 aromatic rings. The second-order valence-corrected chi connectivity index (χ2v) is 6.70. The van der Waals surface area contributed by atoms with Crippen LogP contribution in [0.4, 0.5) is 0 Å². The topological polar surface area (TPSA) is 32.6 Å². The molecule has 0 aromatic heterocycles. The fourth-order valence-corrected chi connectivity index (χ4v) is 3.77. The van der Waals surface area contributed by atoms with Crippen molar-refractivity contribution < 1.29 is 5.21 Å². The van der Waals surface area contributed by atoms with Crippen LogP contribution in [0, 0.1) is 11.8 Å². The first-order valence-electron chi connectivity index (χ1n) is 8.09. The fourth-order valence-electron chi connectivity index (χ4n) is 3.77. The number of oxime groups is 1. The van der Waals surface area contributed by atoms with Gasteiger partial charge in [0, 0.05) is 5.56 Å². The second-order valence-electron chi connectivity index (χ2n) is 6.70. The van der Waals surface area contributed by atoms with Crippen LogP contribution >= 0.6 is 0 Å². The summed E-state index contributed by atoms with van der Waals surface area (Å²) in [6, 6.07) is 6.70. The van der Waals surface area contributed by atoms with Gasteiger partial charge in [-0.2, -0.15) is 0 Å². The smallest absolute Gasteiger partial charge is 0.0873 e. The van der Waals surface area contributed by atoms with E-state index in [1.165, 1.54) is 49.7 Å². The van der Waals surface area contributed by atoms with Gasteiger partial charge in [0.05, 0.1) is 5.71 Å². The largest absolute Gasteiger partial charge is 0.411 e. The monoisotopic (exact) mass is 271 g/mol. The highest BCUT2D eigenvalue weighted by atomic mass is 16.4. The van der Waals surface area contributed by atoms with Gasteiger partial charge in [-0.3, -0.25) is 0 Å². The van der Waals surface area contributed by atoms with Crippen LogP contribution in [-0.4, -0.2) is 10.9 Å². The lowest BCUT2D eigenvalue weighted by Gasteiger charge is -2.26. The van der Waals surface area contributed by atoms with Gasteiger partial charge in [0.1, 0.15) is 0 Å². The summed E-state index contributed by atoms with van der Waals surface area (Å²) in [6.45, 7) is 2.39. The van der Waals surface area contributed by atoms with E-state index in [9.17, 15) is 0 Å². The molecule has 0 heterocycles. The van der Waals surface area contributed by atoms with Gasteiger partial charge in [0.25, 0.3) is 0 Å². The third-order valence-electron chi connectivity index (χ3n) is 5.21. The number of hydrogen-bond donors (Lipinski definition) is 1. The number of hydrogen-bond acceptors (Lipinski definition) is 2. The Morgan fingerprint density at radius 2 is 1.95 bits per heavy atom. The van der Waals surface area contributed by atoms with Gasteiger partial charge in [-0.15, -0.1) is 0 Å². The van der Waals surface area contributed by atoms with E-state index in [1.54, 1.807) is 0 Å². The number of fused-ring (bicyclic) bond motifs is 1. The Morgan fingerprint density at radius 1 is 1.15 bits per heavy atom. The van der Waals surface area contributed by atoms with E-state index in [0.29, 0.717) is 0 Å². The molecule has 0 amide bonds. The molecule has 0 aliphatic heterocycles. The Balaban J connectivity index is 1.59. The highest BCUT2D eigenvalue weighted by molar-refractivity contribution is 6.04. The zero-order chi connectivity index (χ0) is 13.9. The number of nitrogens with zero attached hydrogens (tertiary/aromatic N) is 1. The molecule has 0 bridgehead atoms. The maximum absolute atomic E-state index is 8.96. The van der Waals surface area contributed by atoms with Crippen LogP contribution in [0.3, 0.4) is 0 Å². The molecule has 1 fully saturated rings. The van der Waals surface area contributed by atoms with Crippen molar-refractivity contribution in [2.75, 3.05) is 0 Å². The van der Waals surface area contributed by atoms with E-state index in [4.69, 9.17) is 5.21 Å². The Kier molecular flexibility index (Phi) is 4.09. The molecular weight excluding hydrogens is 246 g/mol. The molecule has 2 aliphatic carbocycles. The Morgan fingerprint density at radius 3 is 2.70 bits per heavy atom. The molecule has 1 aromatic carbocycles. The summed E-state index contributed by atoms with van der Waals surface area (Å²) in [7, 11) is 0. The van der Waals surface area contributed by atoms with Gasteiger partial charge in [-0.1, -0.05) is 56.0 Å². The molecule has 2 aliphatic rings. The van der Waals surface area contributed by atoms with Crippen molar-refractivity contribution in [3.05, 3.63) is 34.9 Å². The van der Waals surface area contributed by atoms with Crippen molar-refractivity contribution in [1.82, 2.24) is 0 Å². The lowest BCUT2D eigenvalue weighted by atomic mass is 9.80. The third-order valence-corrected chi connectivity index (χ3v) is 5.21. The summed E-state index contributed by atoms with van der Waals surface area (Å²) >= 11 is 0. The number of aryl methyl sites for hydroxylation is 2. The van der Waals surface area contributed by atoms with Crippen LogP contribution in [0.25, 0.3) is 0 Å². The molecule has 1 saturated carbocycles. The molecule has 20 heavy (non-hydrogen) atoms. The van der Waals surface area contributed by atoms with E-state index in [0.717, 1.165) is 36.0 Å². The first-order chi connectivity index (χ1) is 9.76. The quantitative estimate of drug-likeness (QED) is 0.634. The van der Waals surface area contributed by atoms with E-state index in [1.807, 2.05) is 0 Å². The highest BCUT2D eigenvalue weighted by Crippen LogP contribution is 2.31. The molecule has 1 N–H and O–H groups in total. The molecule has 2 nitrogen and oxygen atoms in total. The molecule has 0 radical (unpaired) electrons. The summed E-state index contributed by atoms with van der Waals surface area (Å²) in [6.07, 6.45) is 10.2. The first kappa shape index (κ1) is 13.7. The Hall–Kier alpha value is -1.31. The normalized spacial score (nSPS) is 27.8. The average molecular weight is 271 g/mol. The third kappa shape index (κ3) is 2.89. The Bertz CT molecular complexity index is 498. The van der Waals surface area contributed by atoms with E-state index < -0.39 is 0 Å². The van der Waals surface area contributed by atoms with Crippen LogP contribution in [-0.2, 0) is 12.8 Å². The zero-order valence-corrected chi connectivity index (χ0v) is 12.4. The molecular formula is C18H25NO. The van der Waals surface area contributed by atoms with Gasteiger partial charge in [0.2, 0.25) is 0 Å². The minimum atomic E-state index is 0.854. The first-order valence-corrected chi connectivity index (χ1v) is 8.09. The predicted octanol–water partition coefficient (Wildman–Crippen LogP) is 4.57. The predicted molar refractivity (Wildman–Crippen MR) is 82.5 cm³/mol. The SMILES string of the molecule is CC1CCC(CCc2ccc3c(c2)CC/C3=N\O)CC1. The van der Waals surface area contributed by atoms with Crippen molar-refractivity contribution in [3.8, 4) is 0 Å². The summed E-state index contributed by atoms with van der Waals surface area (Å²) in [4.78, 5) is 0. The van der Waals surface area contributed by atoms with Crippen LogP contribution in [0.15, 0.2) is 23.4 Å². The highest BCUT2D eigenvalue weighted by Gasteiger charge is 2.20. The minimum Gasteiger partial charge on any atom is -0.411 e. The summed E-state index contributed by atoms with van der Waals surface area (Å²) in [5.74, 6) is 1.89. The molecule has 0 saturated heterocycles. The van der Waals surface area contributed by atoms with Gasteiger partial charge < -0.3 is 5.21 Å². The molecule has 108 valence electrons. The molecule has 2 heteroatoms. The average Bonchev–Trinajstić information content (AvgIpc) is 2.89. The van der Waals surface area contributed by atoms with Crippen molar-refractivity contribution >= 4 is 5.71 Å². The lowest BCUT2D eigenvalue weighted by Crippen LogP contribution is -2.13. The van der Waals surface area contributed by atoms with Gasteiger partial charge in [-0.05, 0) is 48.6 Å². The van der Waals surface area contributed by atoms with Crippen LogP contribution in [0.2, 0.25) is 0 Å². The number of rotatable bonds is 3. The van der Waals surface area contributed by atoms with Crippen molar-refractivity contribution in [1.29, 1.82) is 0 Å².